The van der Waals surface area contributed by atoms with Gasteiger partial charge in [-0.25, -0.2) is 0 Å². The molecule has 6 heteroatoms. The zero-order valence-corrected chi connectivity index (χ0v) is 18.9. The predicted molar refractivity (Wildman–Crippen MR) is 124 cm³/mol. The van der Waals surface area contributed by atoms with E-state index in [1.54, 1.807) is 22.7 Å². The van der Waals surface area contributed by atoms with Crippen molar-refractivity contribution in [1.82, 2.24) is 10.2 Å². The number of amides is 1. The van der Waals surface area contributed by atoms with Crippen molar-refractivity contribution < 1.29 is 9.53 Å². The van der Waals surface area contributed by atoms with Gasteiger partial charge in [0.25, 0.3) is 0 Å². The zero-order chi connectivity index (χ0) is 20.8. The summed E-state index contributed by atoms with van der Waals surface area (Å²) in [6.45, 7) is 4.85. The first-order valence-corrected chi connectivity index (χ1v) is 12.2. The predicted octanol–water partition coefficient (Wildman–Crippen LogP) is 5.00. The molecule has 1 aromatic carbocycles. The fourth-order valence-corrected chi connectivity index (χ4v) is 5.38. The third-order valence-electron chi connectivity index (χ3n) is 5.36. The van der Waals surface area contributed by atoms with Gasteiger partial charge in [-0.1, -0.05) is 42.0 Å². The minimum absolute atomic E-state index is 0.0449. The largest absolute Gasteiger partial charge is 0.377 e. The molecule has 0 radical (unpaired) electrons. The molecule has 158 valence electrons. The molecule has 0 bridgehead atoms. The minimum atomic E-state index is -0.121. The van der Waals surface area contributed by atoms with Gasteiger partial charge in [0, 0.05) is 29.5 Å². The molecule has 1 fully saturated rings. The highest BCUT2D eigenvalue weighted by Crippen LogP contribution is 2.26. The van der Waals surface area contributed by atoms with Crippen molar-refractivity contribution >= 4 is 28.6 Å². The van der Waals surface area contributed by atoms with Crippen LogP contribution in [0.4, 0.5) is 0 Å². The molecule has 1 N–H and O–H groups in total. The quantitative estimate of drug-likeness (QED) is 0.509. The molecule has 0 spiro atoms. The smallest absolute Gasteiger partial charge is 0.234 e. The molecule has 4 nitrogen and oxygen atoms in total. The minimum Gasteiger partial charge on any atom is -0.377 e. The van der Waals surface area contributed by atoms with Gasteiger partial charge in [-0.2, -0.15) is 0 Å². The Bertz CT molecular complexity index is 901. The Morgan fingerprint density at radius 3 is 2.63 bits per heavy atom. The molecule has 1 saturated heterocycles. The summed E-state index contributed by atoms with van der Waals surface area (Å²) in [7, 11) is 0. The zero-order valence-electron chi connectivity index (χ0n) is 17.3. The van der Waals surface area contributed by atoms with Gasteiger partial charge in [0.1, 0.15) is 0 Å². The van der Waals surface area contributed by atoms with Crippen LogP contribution in [0, 0.1) is 6.92 Å². The maximum Gasteiger partial charge on any atom is 0.234 e. The average molecular weight is 441 g/mol. The number of hydrogen-bond donors (Lipinski definition) is 1. The van der Waals surface area contributed by atoms with Crippen LogP contribution in [0.5, 0.6) is 0 Å². The highest BCUT2D eigenvalue weighted by Gasteiger charge is 2.23. The Labute approximate surface area is 186 Å². The molecule has 4 rings (SSSR count). The molecule has 0 saturated carbocycles. The van der Waals surface area contributed by atoms with E-state index in [1.165, 1.54) is 10.4 Å². The van der Waals surface area contributed by atoms with Crippen LogP contribution in [0.15, 0.2) is 59.3 Å². The second-order valence-electron chi connectivity index (χ2n) is 7.81. The lowest BCUT2D eigenvalue weighted by atomic mass is 10.0. The van der Waals surface area contributed by atoms with Crippen LogP contribution >= 0.6 is 22.7 Å². The Balaban J connectivity index is 1.46. The molecule has 2 atom stereocenters. The fourth-order valence-electron chi connectivity index (χ4n) is 3.83. The Morgan fingerprint density at radius 2 is 1.97 bits per heavy atom. The maximum atomic E-state index is 13.1. The SMILES string of the molecule is Cc1ccc(C(NC(=O)CN(Cc2cccs2)CC2CCCO2)c2cccs2)cc1. The van der Waals surface area contributed by atoms with E-state index in [-0.39, 0.29) is 18.1 Å². The monoisotopic (exact) mass is 440 g/mol. The molecule has 1 aliphatic rings. The molecular weight excluding hydrogens is 412 g/mol. The summed E-state index contributed by atoms with van der Waals surface area (Å²) in [6, 6.07) is 16.6. The normalized spacial score (nSPS) is 17.3. The lowest BCUT2D eigenvalue weighted by molar-refractivity contribution is -0.123. The fraction of sp³-hybridized carbons (Fsp3) is 0.375. The molecule has 2 unspecified atom stereocenters. The van der Waals surface area contributed by atoms with E-state index in [2.05, 4.69) is 70.4 Å². The number of hydrogen-bond acceptors (Lipinski definition) is 5. The van der Waals surface area contributed by atoms with Gasteiger partial charge in [0.2, 0.25) is 5.91 Å². The second kappa shape index (κ2) is 10.4. The van der Waals surface area contributed by atoms with Gasteiger partial charge in [-0.3, -0.25) is 9.69 Å². The number of ether oxygens (including phenoxy) is 1. The van der Waals surface area contributed by atoms with Crippen molar-refractivity contribution in [3.63, 3.8) is 0 Å². The van der Waals surface area contributed by atoms with Crippen molar-refractivity contribution in [3.8, 4) is 0 Å². The van der Waals surface area contributed by atoms with E-state index in [0.29, 0.717) is 6.54 Å². The molecule has 2 aromatic heterocycles. The first-order chi connectivity index (χ1) is 14.7. The topological polar surface area (TPSA) is 41.6 Å². The number of thiophene rings is 2. The molecule has 3 aromatic rings. The number of aryl methyl sites for hydroxylation is 1. The van der Waals surface area contributed by atoms with Crippen molar-refractivity contribution in [2.75, 3.05) is 19.7 Å². The number of nitrogens with one attached hydrogen (secondary N) is 1. The average Bonchev–Trinajstić information content (AvgIpc) is 3.51. The number of carbonyl (C=O) groups excluding carboxylic acids is 1. The Morgan fingerprint density at radius 1 is 1.17 bits per heavy atom. The van der Waals surface area contributed by atoms with E-state index in [1.807, 2.05) is 6.07 Å². The van der Waals surface area contributed by atoms with Crippen molar-refractivity contribution in [2.45, 2.75) is 38.5 Å². The van der Waals surface area contributed by atoms with Gasteiger partial charge >= 0.3 is 0 Å². The third-order valence-corrected chi connectivity index (χ3v) is 7.15. The third kappa shape index (κ3) is 5.79. The molecule has 1 amide bonds. The number of nitrogens with zero attached hydrogens (tertiary/aromatic N) is 1. The van der Waals surface area contributed by atoms with Crippen LogP contribution in [0.25, 0.3) is 0 Å². The summed E-state index contributed by atoms with van der Waals surface area (Å²) < 4.78 is 5.84. The first-order valence-electron chi connectivity index (χ1n) is 10.4. The van der Waals surface area contributed by atoms with Gasteiger partial charge in [-0.05, 0) is 48.2 Å². The maximum absolute atomic E-state index is 13.1. The van der Waals surface area contributed by atoms with E-state index in [0.717, 1.165) is 43.0 Å². The number of rotatable bonds is 9. The molecule has 3 heterocycles. The Hall–Kier alpha value is -1.99. The van der Waals surface area contributed by atoms with Crippen LogP contribution < -0.4 is 5.32 Å². The van der Waals surface area contributed by atoms with E-state index in [4.69, 9.17) is 4.74 Å². The van der Waals surface area contributed by atoms with E-state index < -0.39 is 0 Å². The second-order valence-corrected chi connectivity index (χ2v) is 9.82. The summed E-state index contributed by atoms with van der Waals surface area (Å²) >= 11 is 3.41. The molecule has 1 aliphatic heterocycles. The Kier molecular flexibility index (Phi) is 7.33. The summed E-state index contributed by atoms with van der Waals surface area (Å²) in [5, 5.41) is 7.43. The van der Waals surface area contributed by atoms with Crippen molar-refractivity contribution in [2.24, 2.45) is 0 Å². The first kappa shape index (κ1) is 21.2. The molecule has 0 aliphatic carbocycles. The van der Waals surface area contributed by atoms with Gasteiger partial charge in [0.05, 0.1) is 18.7 Å². The highest BCUT2D eigenvalue weighted by atomic mass is 32.1. The standard InChI is InChI=1S/C24H28N2O2S2/c1-18-8-10-19(11-9-18)24(22-7-4-14-30-22)25-23(27)17-26(15-20-5-2-12-28-20)16-21-6-3-13-29-21/h3-4,6-11,13-14,20,24H,2,5,12,15-17H2,1H3,(H,25,27). The highest BCUT2D eigenvalue weighted by molar-refractivity contribution is 7.10. The van der Waals surface area contributed by atoms with Crippen molar-refractivity contribution in [3.05, 3.63) is 80.2 Å². The lowest BCUT2D eigenvalue weighted by Gasteiger charge is -2.26. The van der Waals surface area contributed by atoms with Crippen LogP contribution in [-0.2, 0) is 16.1 Å². The summed E-state index contributed by atoms with van der Waals surface area (Å²) in [5.41, 5.74) is 2.33. The number of carbonyl (C=O) groups is 1. The van der Waals surface area contributed by atoms with Crippen LogP contribution in [0.2, 0.25) is 0 Å². The molecular formula is C24H28N2O2S2. The van der Waals surface area contributed by atoms with Gasteiger partial charge in [0.15, 0.2) is 0 Å². The lowest BCUT2D eigenvalue weighted by Crippen LogP contribution is -2.41. The van der Waals surface area contributed by atoms with Crippen LogP contribution in [0.3, 0.4) is 0 Å². The van der Waals surface area contributed by atoms with Gasteiger partial charge < -0.3 is 10.1 Å². The van der Waals surface area contributed by atoms with Gasteiger partial charge in [-0.15, -0.1) is 22.7 Å². The summed E-state index contributed by atoms with van der Waals surface area (Å²) in [5.74, 6) is 0.0449. The summed E-state index contributed by atoms with van der Waals surface area (Å²) in [6.07, 6.45) is 2.41. The van der Waals surface area contributed by atoms with E-state index >= 15 is 0 Å². The van der Waals surface area contributed by atoms with Crippen molar-refractivity contribution in [1.29, 1.82) is 0 Å². The summed E-state index contributed by atoms with van der Waals surface area (Å²) in [4.78, 5) is 17.8. The molecule has 30 heavy (non-hydrogen) atoms. The van der Waals surface area contributed by atoms with Crippen LogP contribution in [0.1, 0.15) is 39.8 Å². The van der Waals surface area contributed by atoms with Crippen LogP contribution in [-0.4, -0.2) is 36.6 Å². The number of benzene rings is 1. The van der Waals surface area contributed by atoms with E-state index in [9.17, 15) is 4.79 Å².